The van der Waals surface area contributed by atoms with E-state index in [1.807, 2.05) is 0 Å². The fourth-order valence-corrected chi connectivity index (χ4v) is 3.32. The normalized spacial score (nSPS) is 13.9. The van der Waals surface area contributed by atoms with E-state index in [2.05, 4.69) is 5.32 Å². The molecule has 0 saturated carbocycles. The number of nitrogens with zero attached hydrogens (tertiary/aromatic N) is 1. The monoisotopic (exact) mass is 414 g/mol. The second-order valence-electron chi connectivity index (χ2n) is 6.96. The molecular formula is C22H23FN2O5. The van der Waals surface area contributed by atoms with Gasteiger partial charge < -0.3 is 14.8 Å². The number of carbonyl (C=O) groups is 3. The number of benzene rings is 2. The molecule has 0 radical (unpaired) electrons. The summed E-state index contributed by atoms with van der Waals surface area (Å²) in [6.07, 6.45) is 0.533. The van der Waals surface area contributed by atoms with Crippen LogP contribution in [-0.2, 0) is 4.74 Å². The standard InChI is InChI=1S/C22H23FN2O5/c1-13(14-6-8-19(30-3)18(23)12-14)24-20(26)15-5-7-16-17(11-15)22(28)25(21(16)27)9-4-10-29-2/h5-8,11-13H,4,9-10H2,1-3H3,(H,24,26)/t13-/m1/s1. The molecular weight excluding hydrogens is 391 g/mol. The van der Waals surface area contributed by atoms with Crippen LogP contribution in [0.3, 0.4) is 0 Å². The summed E-state index contributed by atoms with van der Waals surface area (Å²) < 4.78 is 23.8. The first kappa shape index (κ1) is 21.4. The SMILES string of the molecule is COCCCN1C(=O)c2ccc(C(=O)N[C@H](C)c3ccc(OC)c(F)c3)cc2C1=O. The van der Waals surface area contributed by atoms with Crippen molar-refractivity contribution in [3.8, 4) is 5.75 Å². The first-order valence-electron chi connectivity index (χ1n) is 9.50. The average Bonchev–Trinajstić information content (AvgIpc) is 2.98. The van der Waals surface area contributed by atoms with Gasteiger partial charge in [0.15, 0.2) is 11.6 Å². The molecule has 0 aromatic heterocycles. The molecule has 1 N–H and O–H groups in total. The van der Waals surface area contributed by atoms with E-state index in [-0.39, 0.29) is 34.9 Å². The number of hydrogen-bond acceptors (Lipinski definition) is 5. The smallest absolute Gasteiger partial charge is 0.261 e. The molecule has 0 aliphatic carbocycles. The molecule has 0 fully saturated rings. The number of nitrogens with one attached hydrogen (secondary N) is 1. The molecule has 7 nitrogen and oxygen atoms in total. The summed E-state index contributed by atoms with van der Waals surface area (Å²) in [7, 11) is 2.93. The highest BCUT2D eigenvalue weighted by Gasteiger charge is 2.35. The summed E-state index contributed by atoms with van der Waals surface area (Å²) in [4.78, 5) is 38.9. The number of rotatable bonds is 8. The van der Waals surface area contributed by atoms with Crippen LogP contribution in [0.1, 0.15) is 56.0 Å². The number of imide groups is 1. The first-order chi connectivity index (χ1) is 14.4. The highest BCUT2D eigenvalue weighted by molar-refractivity contribution is 6.22. The minimum atomic E-state index is -0.522. The van der Waals surface area contributed by atoms with Crippen LogP contribution >= 0.6 is 0 Å². The molecule has 1 heterocycles. The van der Waals surface area contributed by atoms with Crippen molar-refractivity contribution in [3.63, 3.8) is 0 Å². The first-order valence-corrected chi connectivity index (χ1v) is 9.50. The maximum atomic E-state index is 13.9. The van der Waals surface area contributed by atoms with Crippen molar-refractivity contribution in [1.82, 2.24) is 10.2 Å². The van der Waals surface area contributed by atoms with Crippen molar-refractivity contribution in [2.24, 2.45) is 0 Å². The van der Waals surface area contributed by atoms with Crippen molar-refractivity contribution >= 4 is 17.7 Å². The number of amides is 3. The lowest BCUT2D eigenvalue weighted by atomic mass is 10.0. The van der Waals surface area contributed by atoms with Gasteiger partial charge in [-0.25, -0.2) is 4.39 Å². The molecule has 0 saturated heterocycles. The Labute approximate surface area is 173 Å². The Bertz CT molecular complexity index is 991. The van der Waals surface area contributed by atoms with Crippen molar-refractivity contribution in [2.45, 2.75) is 19.4 Å². The van der Waals surface area contributed by atoms with Gasteiger partial charge in [-0.3, -0.25) is 19.3 Å². The van der Waals surface area contributed by atoms with Crippen LogP contribution in [0.5, 0.6) is 5.75 Å². The molecule has 8 heteroatoms. The Morgan fingerprint density at radius 3 is 2.50 bits per heavy atom. The lowest BCUT2D eigenvalue weighted by Gasteiger charge is -2.15. The number of halogens is 1. The average molecular weight is 414 g/mol. The van der Waals surface area contributed by atoms with Crippen LogP contribution in [0.15, 0.2) is 36.4 Å². The van der Waals surface area contributed by atoms with Crippen LogP contribution in [0.2, 0.25) is 0 Å². The van der Waals surface area contributed by atoms with Gasteiger partial charge in [-0.15, -0.1) is 0 Å². The van der Waals surface area contributed by atoms with Crippen LogP contribution in [0, 0.1) is 5.82 Å². The van der Waals surface area contributed by atoms with E-state index in [1.54, 1.807) is 20.1 Å². The lowest BCUT2D eigenvalue weighted by molar-refractivity contribution is 0.0638. The predicted molar refractivity (Wildman–Crippen MR) is 107 cm³/mol. The van der Waals surface area contributed by atoms with E-state index in [9.17, 15) is 18.8 Å². The number of hydrogen-bond donors (Lipinski definition) is 1. The molecule has 3 rings (SSSR count). The largest absolute Gasteiger partial charge is 0.494 e. The van der Waals surface area contributed by atoms with Crippen LogP contribution in [0.4, 0.5) is 4.39 Å². The van der Waals surface area contributed by atoms with E-state index < -0.39 is 23.7 Å². The predicted octanol–water partition coefficient (Wildman–Crippen LogP) is 2.96. The minimum absolute atomic E-state index is 0.120. The van der Waals surface area contributed by atoms with Gasteiger partial charge in [0.25, 0.3) is 17.7 Å². The van der Waals surface area contributed by atoms with Crippen LogP contribution < -0.4 is 10.1 Å². The maximum absolute atomic E-state index is 13.9. The van der Waals surface area contributed by atoms with E-state index in [4.69, 9.17) is 9.47 Å². The van der Waals surface area contributed by atoms with E-state index in [1.165, 1.54) is 37.4 Å². The van der Waals surface area contributed by atoms with Gasteiger partial charge in [-0.2, -0.15) is 0 Å². The number of ether oxygens (including phenoxy) is 2. The molecule has 1 aliphatic rings. The summed E-state index contributed by atoms with van der Waals surface area (Å²) in [5.74, 6) is -1.63. The van der Waals surface area contributed by atoms with Gasteiger partial charge >= 0.3 is 0 Å². The Morgan fingerprint density at radius 1 is 1.10 bits per heavy atom. The lowest BCUT2D eigenvalue weighted by Crippen LogP contribution is -2.31. The molecule has 2 aromatic carbocycles. The second-order valence-corrected chi connectivity index (χ2v) is 6.96. The van der Waals surface area contributed by atoms with Crippen molar-refractivity contribution in [2.75, 3.05) is 27.4 Å². The fourth-order valence-electron chi connectivity index (χ4n) is 3.32. The topological polar surface area (TPSA) is 84.9 Å². The molecule has 3 amide bonds. The van der Waals surface area contributed by atoms with Crippen molar-refractivity contribution in [3.05, 3.63) is 64.5 Å². The van der Waals surface area contributed by atoms with Gasteiger partial charge in [-0.1, -0.05) is 6.07 Å². The summed E-state index contributed by atoms with van der Waals surface area (Å²) in [5, 5.41) is 2.77. The van der Waals surface area contributed by atoms with E-state index in [0.29, 0.717) is 18.6 Å². The Morgan fingerprint density at radius 2 is 1.83 bits per heavy atom. The van der Waals surface area contributed by atoms with Crippen LogP contribution in [0.25, 0.3) is 0 Å². The maximum Gasteiger partial charge on any atom is 0.261 e. The van der Waals surface area contributed by atoms with Gasteiger partial charge in [-0.05, 0) is 49.2 Å². The summed E-state index contributed by atoms with van der Waals surface area (Å²) in [6, 6.07) is 8.38. The molecule has 1 aliphatic heterocycles. The Kier molecular flexibility index (Phi) is 6.47. The highest BCUT2D eigenvalue weighted by Crippen LogP contribution is 2.25. The zero-order valence-electron chi connectivity index (χ0n) is 17.0. The third-order valence-corrected chi connectivity index (χ3v) is 4.99. The number of fused-ring (bicyclic) bond motifs is 1. The Balaban J connectivity index is 1.74. The highest BCUT2D eigenvalue weighted by atomic mass is 19.1. The quantitative estimate of drug-likeness (QED) is 0.530. The third-order valence-electron chi connectivity index (χ3n) is 4.99. The summed E-state index contributed by atoms with van der Waals surface area (Å²) >= 11 is 0. The van der Waals surface area contributed by atoms with Gasteiger partial charge in [0.05, 0.1) is 24.3 Å². The van der Waals surface area contributed by atoms with Crippen molar-refractivity contribution in [1.29, 1.82) is 0 Å². The van der Waals surface area contributed by atoms with Crippen molar-refractivity contribution < 1.29 is 28.2 Å². The van der Waals surface area contributed by atoms with Gasteiger partial charge in [0.1, 0.15) is 0 Å². The molecule has 158 valence electrons. The fraction of sp³-hybridized carbons (Fsp3) is 0.318. The van der Waals surface area contributed by atoms with E-state index >= 15 is 0 Å². The molecule has 0 bridgehead atoms. The Hall–Kier alpha value is -3.26. The number of methoxy groups -OCH3 is 2. The van der Waals surface area contributed by atoms with E-state index in [0.717, 1.165) is 4.90 Å². The van der Waals surface area contributed by atoms with Gasteiger partial charge in [0.2, 0.25) is 0 Å². The number of carbonyl (C=O) groups excluding carboxylic acids is 3. The summed E-state index contributed by atoms with van der Waals surface area (Å²) in [5.41, 5.74) is 1.29. The minimum Gasteiger partial charge on any atom is -0.494 e. The third kappa shape index (κ3) is 4.18. The zero-order valence-corrected chi connectivity index (χ0v) is 17.0. The molecule has 0 spiro atoms. The molecule has 0 unspecified atom stereocenters. The van der Waals surface area contributed by atoms with Crippen LogP contribution in [-0.4, -0.2) is 50.0 Å². The molecule has 1 atom stereocenters. The zero-order chi connectivity index (χ0) is 21.8. The van der Waals surface area contributed by atoms with Gasteiger partial charge in [0, 0.05) is 25.8 Å². The molecule has 30 heavy (non-hydrogen) atoms. The summed E-state index contributed by atoms with van der Waals surface area (Å²) in [6.45, 7) is 2.41. The molecule has 2 aromatic rings. The second kappa shape index (κ2) is 9.04.